The highest BCUT2D eigenvalue weighted by Gasteiger charge is 2.55. The molecule has 5 rings (SSSR count). The minimum absolute atomic E-state index is 0.265. The van der Waals surface area contributed by atoms with E-state index in [9.17, 15) is 4.79 Å². The molecule has 1 unspecified atom stereocenters. The Bertz CT molecular complexity index is 357. The van der Waals surface area contributed by atoms with Crippen molar-refractivity contribution < 1.29 is 4.79 Å². The van der Waals surface area contributed by atoms with Crippen LogP contribution in [0.1, 0.15) is 51.9 Å². The molecule has 3 nitrogen and oxygen atoms in total. The first-order chi connectivity index (χ1) is 9.18. The molecule has 0 aromatic rings. The van der Waals surface area contributed by atoms with Crippen molar-refractivity contribution in [3.8, 4) is 0 Å². The third kappa shape index (κ3) is 1.84. The normalized spacial score (nSPS) is 48.9. The average Bonchev–Trinajstić information content (AvgIpc) is 2.37. The molecule has 1 N–H and O–H groups in total. The fourth-order valence-electron chi connectivity index (χ4n) is 5.84. The molecule has 4 bridgehead atoms. The molecular formula is C16H26N2O. The van der Waals surface area contributed by atoms with Crippen LogP contribution < -0.4 is 5.32 Å². The number of amides is 1. The maximum Gasteiger partial charge on any atom is 0.237 e. The van der Waals surface area contributed by atoms with Crippen LogP contribution >= 0.6 is 0 Å². The summed E-state index contributed by atoms with van der Waals surface area (Å²) < 4.78 is 0. The van der Waals surface area contributed by atoms with Crippen LogP contribution in [0.5, 0.6) is 0 Å². The molecule has 106 valence electrons. The Kier molecular flexibility index (Phi) is 2.70. The quantitative estimate of drug-likeness (QED) is 0.827. The fourth-order valence-corrected chi connectivity index (χ4v) is 5.84. The molecule has 5 aliphatic rings. The molecule has 1 heterocycles. The van der Waals surface area contributed by atoms with Crippen molar-refractivity contribution in [3.63, 3.8) is 0 Å². The van der Waals surface area contributed by atoms with Gasteiger partial charge in [0.2, 0.25) is 5.91 Å². The lowest BCUT2D eigenvalue weighted by atomic mass is 9.52. The topological polar surface area (TPSA) is 32.3 Å². The molecule has 4 aliphatic carbocycles. The van der Waals surface area contributed by atoms with Crippen LogP contribution in [0.3, 0.4) is 0 Å². The van der Waals surface area contributed by atoms with Gasteiger partial charge in [0.1, 0.15) is 0 Å². The van der Waals surface area contributed by atoms with Crippen LogP contribution in [0, 0.1) is 17.8 Å². The number of hydrogen-bond donors (Lipinski definition) is 1. The van der Waals surface area contributed by atoms with Gasteiger partial charge in [0, 0.05) is 18.1 Å². The molecule has 1 saturated heterocycles. The molecule has 1 atom stereocenters. The molecule has 1 aliphatic heterocycles. The first-order valence-electron chi connectivity index (χ1n) is 8.22. The van der Waals surface area contributed by atoms with Gasteiger partial charge in [-0.1, -0.05) is 6.92 Å². The predicted molar refractivity (Wildman–Crippen MR) is 74.7 cm³/mol. The Hall–Kier alpha value is -0.570. The molecular weight excluding hydrogens is 236 g/mol. The molecule has 3 heteroatoms. The lowest BCUT2D eigenvalue weighted by molar-refractivity contribution is -0.154. The molecule has 0 spiro atoms. The molecule has 4 saturated carbocycles. The van der Waals surface area contributed by atoms with Crippen LogP contribution in [-0.2, 0) is 4.79 Å². The first kappa shape index (κ1) is 12.2. The van der Waals surface area contributed by atoms with Crippen molar-refractivity contribution in [2.24, 2.45) is 17.8 Å². The zero-order valence-corrected chi connectivity index (χ0v) is 12.0. The number of carbonyl (C=O) groups is 1. The smallest absolute Gasteiger partial charge is 0.237 e. The lowest BCUT2D eigenvalue weighted by Crippen LogP contribution is -2.67. The second-order valence-electron chi connectivity index (χ2n) is 7.63. The average molecular weight is 262 g/mol. The Morgan fingerprint density at radius 1 is 1.16 bits per heavy atom. The van der Waals surface area contributed by atoms with Crippen molar-refractivity contribution in [1.82, 2.24) is 10.2 Å². The van der Waals surface area contributed by atoms with E-state index in [1.54, 1.807) is 0 Å². The number of carbonyl (C=O) groups excluding carboxylic acids is 1. The van der Waals surface area contributed by atoms with E-state index in [4.69, 9.17) is 0 Å². The second-order valence-corrected chi connectivity index (χ2v) is 7.63. The van der Waals surface area contributed by atoms with Gasteiger partial charge < -0.3 is 10.2 Å². The van der Waals surface area contributed by atoms with Crippen LogP contribution in [-0.4, -0.2) is 35.5 Å². The van der Waals surface area contributed by atoms with Crippen LogP contribution in [0.2, 0.25) is 0 Å². The van der Waals surface area contributed by atoms with Gasteiger partial charge in [0.25, 0.3) is 0 Å². The number of nitrogens with zero attached hydrogens (tertiary/aromatic N) is 1. The zero-order valence-electron chi connectivity index (χ0n) is 12.0. The fraction of sp³-hybridized carbons (Fsp3) is 0.938. The maximum absolute atomic E-state index is 12.4. The summed E-state index contributed by atoms with van der Waals surface area (Å²) in [5.41, 5.74) is 0.265. The summed E-state index contributed by atoms with van der Waals surface area (Å²) in [6, 6.07) is 0.519. The van der Waals surface area contributed by atoms with Gasteiger partial charge in [0.15, 0.2) is 0 Å². The Balaban J connectivity index is 1.61. The van der Waals surface area contributed by atoms with Gasteiger partial charge in [0.05, 0.1) is 6.54 Å². The van der Waals surface area contributed by atoms with Crippen LogP contribution in [0.15, 0.2) is 0 Å². The summed E-state index contributed by atoms with van der Waals surface area (Å²) in [5, 5.41) is 3.39. The summed E-state index contributed by atoms with van der Waals surface area (Å²) in [7, 11) is 0. The van der Waals surface area contributed by atoms with Gasteiger partial charge in [-0.3, -0.25) is 4.79 Å². The van der Waals surface area contributed by atoms with E-state index in [0.717, 1.165) is 30.7 Å². The van der Waals surface area contributed by atoms with Crippen molar-refractivity contribution in [1.29, 1.82) is 0 Å². The van der Waals surface area contributed by atoms with Gasteiger partial charge in [-0.05, 0) is 62.7 Å². The third-order valence-corrected chi connectivity index (χ3v) is 6.32. The highest BCUT2D eigenvalue weighted by Crippen LogP contribution is 2.57. The Labute approximate surface area is 116 Å². The summed E-state index contributed by atoms with van der Waals surface area (Å²) in [5.74, 6) is 3.14. The zero-order chi connectivity index (χ0) is 13.0. The summed E-state index contributed by atoms with van der Waals surface area (Å²) in [4.78, 5) is 14.8. The van der Waals surface area contributed by atoms with Gasteiger partial charge >= 0.3 is 0 Å². The van der Waals surface area contributed by atoms with E-state index in [-0.39, 0.29) is 5.54 Å². The largest absolute Gasteiger partial charge is 0.334 e. The molecule has 19 heavy (non-hydrogen) atoms. The minimum atomic E-state index is 0.265. The standard InChI is InChI=1S/C16H26N2O/c1-2-14-10-18(15(19)9-17-14)16-6-11-3-12(7-16)5-13(4-11)8-16/h11-14,17H,2-10H2,1H3. The molecule has 0 aromatic carbocycles. The molecule has 0 radical (unpaired) electrons. The van der Waals surface area contributed by atoms with E-state index < -0.39 is 0 Å². The maximum atomic E-state index is 12.4. The van der Waals surface area contributed by atoms with Crippen molar-refractivity contribution >= 4 is 5.91 Å². The van der Waals surface area contributed by atoms with Crippen molar-refractivity contribution in [2.45, 2.75) is 63.5 Å². The van der Waals surface area contributed by atoms with Gasteiger partial charge in [-0.2, -0.15) is 0 Å². The summed E-state index contributed by atoms with van der Waals surface area (Å²) in [6.45, 7) is 3.76. The summed E-state index contributed by atoms with van der Waals surface area (Å²) >= 11 is 0. The van der Waals surface area contributed by atoms with Crippen molar-refractivity contribution in [2.75, 3.05) is 13.1 Å². The van der Waals surface area contributed by atoms with E-state index in [1.807, 2.05) is 0 Å². The van der Waals surface area contributed by atoms with Crippen LogP contribution in [0.4, 0.5) is 0 Å². The van der Waals surface area contributed by atoms with Crippen LogP contribution in [0.25, 0.3) is 0 Å². The van der Waals surface area contributed by atoms with Crippen molar-refractivity contribution in [3.05, 3.63) is 0 Å². The summed E-state index contributed by atoms with van der Waals surface area (Å²) in [6.07, 6.45) is 9.42. The van der Waals surface area contributed by atoms with E-state index in [1.165, 1.54) is 38.5 Å². The highest BCUT2D eigenvalue weighted by molar-refractivity contribution is 5.80. The van der Waals surface area contributed by atoms with Gasteiger partial charge in [-0.25, -0.2) is 0 Å². The minimum Gasteiger partial charge on any atom is -0.334 e. The molecule has 5 fully saturated rings. The lowest BCUT2D eigenvalue weighted by Gasteiger charge is -2.61. The Morgan fingerprint density at radius 2 is 1.74 bits per heavy atom. The molecule has 0 aromatic heterocycles. The van der Waals surface area contributed by atoms with E-state index in [0.29, 0.717) is 18.5 Å². The monoisotopic (exact) mass is 262 g/mol. The number of hydrogen-bond acceptors (Lipinski definition) is 2. The number of rotatable bonds is 2. The third-order valence-electron chi connectivity index (χ3n) is 6.32. The Morgan fingerprint density at radius 3 is 2.26 bits per heavy atom. The van der Waals surface area contributed by atoms with Gasteiger partial charge in [-0.15, -0.1) is 0 Å². The highest BCUT2D eigenvalue weighted by atomic mass is 16.2. The second kappa shape index (κ2) is 4.21. The first-order valence-corrected chi connectivity index (χ1v) is 8.22. The predicted octanol–water partition coefficient (Wildman–Crippen LogP) is 2.17. The number of nitrogens with one attached hydrogen (secondary N) is 1. The number of piperazine rings is 1. The molecule has 1 amide bonds. The SMILES string of the molecule is CCC1CN(C23CC4CC(CC(C4)C2)C3)C(=O)CN1. The van der Waals surface area contributed by atoms with E-state index in [2.05, 4.69) is 17.1 Å². The van der Waals surface area contributed by atoms with E-state index >= 15 is 0 Å².